The molecule has 1 aromatic carbocycles. The lowest BCUT2D eigenvalue weighted by Gasteiger charge is -2.10. The van der Waals surface area contributed by atoms with E-state index in [2.05, 4.69) is 38.1 Å². The van der Waals surface area contributed by atoms with Crippen molar-refractivity contribution in [2.24, 2.45) is 0 Å². The predicted octanol–water partition coefficient (Wildman–Crippen LogP) is 9.05. The lowest BCUT2D eigenvalue weighted by Crippen LogP contribution is -1.95. The minimum absolute atomic E-state index is 1.29. The van der Waals surface area contributed by atoms with E-state index < -0.39 is 0 Å². The molecule has 150 valence electrons. The van der Waals surface area contributed by atoms with Gasteiger partial charge in [0.1, 0.15) is 0 Å². The Morgan fingerprint density at radius 1 is 0.423 bits per heavy atom. The predicted molar refractivity (Wildman–Crippen MR) is 119 cm³/mol. The summed E-state index contributed by atoms with van der Waals surface area (Å²) < 4.78 is 0. The van der Waals surface area contributed by atoms with Crippen LogP contribution in [0.25, 0.3) is 0 Å². The molecule has 0 spiro atoms. The zero-order chi connectivity index (χ0) is 18.7. The zero-order valence-corrected chi connectivity index (χ0v) is 18.0. The Hall–Kier alpha value is -0.780. The van der Waals surface area contributed by atoms with Crippen molar-refractivity contribution < 1.29 is 0 Å². The fourth-order valence-electron chi connectivity index (χ4n) is 3.94. The summed E-state index contributed by atoms with van der Waals surface area (Å²) in [6.07, 6.45) is 25.3. The number of hydrogen-bond donors (Lipinski definition) is 0. The second kappa shape index (κ2) is 17.6. The summed E-state index contributed by atoms with van der Waals surface area (Å²) in [6.45, 7) is 4.59. The molecule has 0 amide bonds. The van der Waals surface area contributed by atoms with Crippen LogP contribution >= 0.6 is 0 Å². The van der Waals surface area contributed by atoms with Crippen molar-refractivity contribution in [3.05, 3.63) is 35.4 Å². The van der Waals surface area contributed by atoms with Gasteiger partial charge in [-0.2, -0.15) is 0 Å². The highest BCUT2D eigenvalue weighted by atomic mass is 14.1. The molecule has 1 rings (SSSR count). The van der Waals surface area contributed by atoms with E-state index in [1.54, 1.807) is 11.1 Å². The molecule has 0 saturated carbocycles. The first-order chi connectivity index (χ1) is 12.9. The first kappa shape index (κ1) is 23.3. The van der Waals surface area contributed by atoms with Crippen molar-refractivity contribution >= 4 is 0 Å². The van der Waals surface area contributed by atoms with E-state index in [9.17, 15) is 0 Å². The number of benzene rings is 1. The normalized spacial score (nSPS) is 11.2. The molecule has 0 aliphatic carbocycles. The van der Waals surface area contributed by atoms with E-state index in [1.807, 2.05) is 0 Å². The van der Waals surface area contributed by atoms with Gasteiger partial charge in [0.25, 0.3) is 0 Å². The van der Waals surface area contributed by atoms with Crippen LogP contribution in [0.2, 0.25) is 0 Å². The molecule has 0 aromatic heterocycles. The molecule has 0 nitrogen and oxygen atoms in total. The Kier molecular flexibility index (Phi) is 15.8. The zero-order valence-electron chi connectivity index (χ0n) is 18.0. The molecule has 0 atom stereocenters. The van der Waals surface area contributed by atoms with Gasteiger partial charge in [-0.15, -0.1) is 0 Å². The molecule has 0 fully saturated rings. The Bertz CT molecular complexity index is 406. The van der Waals surface area contributed by atoms with E-state index in [-0.39, 0.29) is 0 Å². The number of rotatable bonds is 18. The lowest BCUT2D eigenvalue weighted by molar-refractivity contribution is 0.563. The number of hydrogen-bond acceptors (Lipinski definition) is 0. The quantitative estimate of drug-likeness (QED) is 0.229. The van der Waals surface area contributed by atoms with Crippen LogP contribution in [0.1, 0.15) is 128 Å². The van der Waals surface area contributed by atoms with E-state index in [4.69, 9.17) is 0 Å². The third kappa shape index (κ3) is 12.6. The maximum absolute atomic E-state index is 2.38. The summed E-state index contributed by atoms with van der Waals surface area (Å²) in [7, 11) is 0. The monoisotopic (exact) mass is 358 g/mol. The summed E-state index contributed by atoms with van der Waals surface area (Å²) >= 11 is 0. The van der Waals surface area contributed by atoms with Gasteiger partial charge in [0.05, 0.1) is 0 Å². The van der Waals surface area contributed by atoms with Gasteiger partial charge in [-0.3, -0.25) is 0 Å². The van der Waals surface area contributed by atoms with Crippen molar-refractivity contribution in [2.75, 3.05) is 0 Å². The fraction of sp³-hybridized carbons (Fsp3) is 0.769. The molecular formula is C26H46. The van der Waals surface area contributed by atoms with Gasteiger partial charge in [-0.25, -0.2) is 0 Å². The first-order valence-electron chi connectivity index (χ1n) is 11.9. The lowest BCUT2D eigenvalue weighted by atomic mass is 9.96. The Balaban J connectivity index is 2.09. The molecule has 26 heavy (non-hydrogen) atoms. The second-order valence-electron chi connectivity index (χ2n) is 8.22. The molecule has 0 aliphatic heterocycles. The summed E-state index contributed by atoms with van der Waals surface area (Å²) in [6, 6.07) is 9.22. The van der Waals surface area contributed by atoms with Gasteiger partial charge in [0, 0.05) is 0 Å². The maximum atomic E-state index is 2.38. The molecule has 0 heterocycles. The first-order valence-corrected chi connectivity index (χ1v) is 11.9. The van der Waals surface area contributed by atoms with Gasteiger partial charge < -0.3 is 0 Å². The topological polar surface area (TPSA) is 0 Å². The van der Waals surface area contributed by atoms with Gasteiger partial charge in [-0.1, -0.05) is 128 Å². The van der Waals surface area contributed by atoms with Gasteiger partial charge in [0.15, 0.2) is 0 Å². The van der Waals surface area contributed by atoms with Gasteiger partial charge in [0.2, 0.25) is 0 Å². The van der Waals surface area contributed by atoms with Crippen LogP contribution in [0.4, 0.5) is 0 Å². The minimum Gasteiger partial charge on any atom is -0.0654 e. The minimum atomic E-state index is 1.29. The van der Waals surface area contributed by atoms with Crippen molar-refractivity contribution in [1.29, 1.82) is 0 Å². The molecule has 0 unspecified atom stereocenters. The van der Waals surface area contributed by atoms with E-state index >= 15 is 0 Å². The third-order valence-electron chi connectivity index (χ3n) is 5.72. The average molecular weight is 359 g/mol. The van der Waals surface area contributed by atoms with Crippen LogP contribution in [-0.4, -0.2) is 0 Å². The average Bonchev–Trinajstić information content (AvgIpc) is 2.67. The van der Waals surface area contributed by atoms with E-state index in [1.165, 1.54) is 116 Å². The highest BCUT2D eigenvalue weighted by Crippen LogP contribution is 2.18. The van der Waals surface area contributed by atoms with Crippen LogP contribution in [0.15, 0.2) is 24.3 Å². The van der Waals surface area contributed by atoms with Crippen LogP contribution in [0.5, 0.6) is 0 Å². The maximum Gasteiger partial charge on any atom is -0.0276 e. The Morgan fingerprint density at radius 3 is 1.08 bits per heavy atom. The molecule has 0 saturated heterocycles. The molecule has 0 radical (unpaired) electrons. The standard InChI is InChI=1S/C26H46/c1-3-5-7-9-11-12-14-16-18-22-26-24-20-19-23-25(26)21-17-15-13-10-8-6-4-2/h19-20,23-24H,3-18,21-22H2,1-2H3. The largest absolute Gasteiger partial charge is 0.0654 e. The molecular weight excluding hydrogens is 312 g/mol. The van der Waals surface area contributed by atoms with Crippen LogP contribution in [0.3, 0.4) is 0 Å². The van der Waals surface area contributed by atoms with Gasteiger partial charge in [-0.05, 0) is 36.8 Å². The molecule has 0 heteroatoms. The third-order valence-corrected chi connectivity index (χ3v) is 5.72. The fourth-order valence-corrected chi connectivity index (χ4v) is 3.94. The Morgan fingerprint density at radius 2 is 0.731 bits per heavy atom. The summed E-state index contributed by atoms with van der Waals surface area (Å²) in [5.74, 6) is 0. The van der Waals surface area contributed by atoms with Crippen molar-refractivity contribution in [3.63, 3.8) is 0 Å². The SMILES string of the molecule is CCCCCCCCCCCc1ccccc1CCCCCCCCC. The summed E-state index contributed by atoms with van der Waals surface area (Å²) in [5.41, 5.74) is 3.25. The second-order valence-corrected chi connectivity index (χ2v) is 8.22. The van der Waals surface area contributed by atoms with Gasteiger partial charge >= 0.3 is 0 Å². The van der Waals surface area contributed by atoms with Crippen molar-refractivity contribution in [2.45, 2.75) is 129 Å². The van der Waals surface area contributed by atoms with Crippen molar-refractivity contribution in [1.82, 2.24) is 0 Å². The van der Waals surface area contributed by atoms with Crippen LogP contribution in [0, 0.1) is 0 Å². The highest BCUT2D eigenvalue weighted by molar-refractivity contribution is 5.27. The molecule has 0 N–H and O–H groups in total. The highest BCUT2D eigenvalue weighted by Gasteiger charge is 2.02. The van der Waals surface area contributed by atoms with Crippen LogP contribution in [-0.2, 0) is 12.8 Å². The summed E-state index contributed by atoms with van der Waals surface area (Å²) in [5, 5.41) is 0. The Labute approximate surface area is 165 Å². The van der Waals surface area contributed by atoms with E-state index in [0.717, 1.165) is 0 Å². The smallest absolute Gasteiger partial charge is 0.0276 e. The molecule has 0 aliphatic rings. The number of aryl methyl sites for hydroxylation is 2. The number of unbranched alkanes of at least 4 members (excludes halogenated alkanes) is 14. The summed E-state index contributed by atoms with van der Waals surface area (Å²) in [4.78, 5) is 0. The molecule has 1 aromatic rings. The van der Waals surface area contributed by atoms with E-state index in [0.29, 0.717) is 0 Å². The molecule has 0 bridgehead atoms. The van der Waals surface area contributed by atoms with Crippen molar-refractivity contribution in [3.8, 4) is 0 Å². The van der Waals surface area contributed by atoms with Crippen LogP contribution < -0.4 is 0 Å².